The molecule has 0 aliphatic carbocycles. The average Bonchev–Trinajstić information content (AvgIpc) is 2.72. The number of amides is 1. The number of carbonyl (C=O) groups is 1. The minimum atomic E-state index is -3.56. The van der Waals surface area contributed by atoms with Crippen LogP contribution in [0.3, 0.4) is 0 Å². The van der Waals surface area contributed by atoms with Crippen LogP contribution in [0.4, 0.5) is 0 Å². The molecule has 0 saturated carbocycles. The lowest BCUT2D eigenvalue weighted by Crippen LogP contribution is -2.55. The Balaban J connectivity index is 2.00. The summed E-state index contributed by atoms with van der Waals surface area (Å²) in [4.78, 5) is 12.9. The Morgan fingerprint density at radius 1 is 1.22 bits per heavy atom. The van der Waals surface area contributed by atoms with Gasteiger partial charge in [-0.25, -0.2) is 8.42 Å². The number of carbonyl (C=O) groups excluding carboxylic acids is 1. The third kappa shape index (κ3) is 4.80. The zero-order chi connectivity index (χ0) is 20.1. The number of piperidine rings is 1. The first kappa shape index (κ1) is 21.7. The summed E-state index contributed by atoms with van der Waals surface area (Å²) in [5, 5.41) is 3.10. The van der Waals surface area contributed by atoms with Gasteiger partial charge in [0.05, 0.1) is 17.5 Å². The van der Waals surface area contributed by atoms with E-state index in [0.717, 1.165) is 12.8 Å². The lowest BCUT2D eigenvalue weighted by atomic mass is 9.90. The van der Waals surface area contributed by atoms with Crippen molar-refractivity contribution in [2.45, 2.75) is 50.0 Å². The van der Waals surface area contributed by atoms with Crippen LogP contribution in [-0.2, 0) is 14.8 Å². The van der Waals surface area contributed by atoms with Gasteiger partial charge in [0.15, 0.2) is 0 Å². The van der Waals surface area contributed by atoms with Crippen molar-refractivity contribution < 1.29 is 17.9 Å². The van der Waals surface area contributed by atoms with Gasteiger partial charge in [0, 0.05) is 25.6 Å². The maximum atomic E-state index is 12.8. The molecule has 1 aromatic rings. The fourth-order valence-corrected chi connectivity index (χ4v) is 4.85. The predicted octanol–water partition coefficient (Wildman–Crippen LogP) is 1.73. The van der Waals surface area contributed by atoms with Gasteiger partial charge in [-0.1, -0.05) is 13.8 Å². The van der Waals surface area contributed by atoms with E-state index in [1.165, 1.54) is 11.4 Å². The molecule has 1 aromatic carbocycles. The smallest absolute Gasteiger partial charge is 0.243 e. The normalized spacial score (nSPS) is 16.9. The Kier molecular flexibility index (Phi) is 7.25. The third-order valence-electron chi connectivity index (χ3n) is 5.65. The van der Waals surface area contributed by atoms with E-state index in [1.54, 1.807) is 24.3 Å². The Morgan fingerprint density at radius 3 is 2.22 bits per heavy atom. The van der Waals surface area contributed by atoms with Gasteiger partial charge >= 0.3 is 0 Å². The fourth-order valence-electron chi connectivity index (χ4n) is 3.39. The van der Waals surface area contributed by atoms with E-state index in [2.05, 4.69) is 5.32 Å². The number of nitrogens with zero attached hydrogens (tertiary/aromatic N) is 1. The highest BCUT2D eigenvalue weighted by Crippen LogP contribution is 2.26. The number of methoxy groups -OCH3 is 1. The van der Waals surface area contributed by atoms with E-state index >= 15 is 0 Å². The summed E-state index contributed by atoms with van der Waals surface area (Å²) < 4.78 is 32.1. The molecule has 1 fully saturated rings. The van der Waals surface area contributed by atoms with Crippen LogP contribution in [0.5, 0.6) is 5.75 Å². The molecule has 8 heteroatoms. The highest BCUT2D eigenvalue weighted by Gasteiger charge is 2.35. The van der Waals surface area contributed by atoms with E-state index < -0.39 is 10.0 Å². The number of sulfonamides is 1. The molecule has 1 heterocycles. The lowest BCUT2D eigenvalue weighted by molar-refractivity contribution is -0.128. The molecular weight excluding hydrogens is 366 g/mol. The number of hydrogen-bond donors (Lipinski definition) is 2. The molecule has 0 bridgehead atoms. The number of benzene rings is 1. The van der Waals surface area contributed by atoms with Crippen molar-refractivity contribution in [1.29, 1.82) is 0 Å². The molecule has 0 spiro atoms. The first-order valence-electron chi connectivity index (χ1n) is 9.48. The molecule has 1 aliphatic heterocycles. The lowest BCUT2D eigenvalue weighted by Gasteiger charge is -2.35. The first-order chi connectivity index (χ1) is 12.8. The maximum absolute atomic E-state index is 12.8. The van der Waals surface area contributed by atoms with Crippen LogP contribution in [0.25, 0.3) is 0 Å². The molecule has 0 unspecified atom stereocenters. The predicted molar refractivity (Wildman–Crippen MR) is 105 cm³/mol. The van der Waals surface area contributed by atoms with Crippen LogP contribution in [0, 0.1) is 5.92 Å². The first-order valence-corrected chi connectivity index (χ1v) is 10.9. The monoisotopic (exact) mass is 397 g/mol. The van der Waals surface area contributed by atoms with Crippen LogP contribution in [0.2, 0.25) is 0 Å². The zero-order valence-corrected chi connectivity index (χ0v) is 17.2. The van der Waals surface area contributed by atoms with Crippen molar-refractivity contribution in [1.82, 2.24) is 9.62 Å². The Bertz CT molecular complexity index is 714. The van der Waals surface area contributed by atoms with Crippen LogP contribution in [0.15, 0.2) is 29.2 Å². The van der Waals surface area contributed by atoms with E-state index in [9.17, 15) is 13.2 Å². The molecule has 27 heavy (non-hydrogen) atoms. The summed E-state index contributed by atoms with van der Waals surface area (Å²) in [6.45, 7) is 5.10. The number of nitrogens with two attached hydrogens (primary N) is 1. The molecule has 0 atom stereocenters. The number of ether oxygens (including phenoxy) is 1. The number of hydrogen-bond acceptors (Lipinski definition) is 5. The minimum absolute atomic E-state index is 0.0226. The van der Waals surface area contributed by atoms with Crippen LogP contribution in [0.1, 0.15) is 39.5 Å². The summed E-state index contributed by atoms with van der Waals surface area (Å²) in [6, 6.07) is 6.36. The molecule has 3 N–H and O–H groups in total. The van der Waals surface area contributed by atoms with Gasteiger partial charge < -0.3 is 15.8 Å². The highest BCUT2D eigenvalue weighted by molar-refractivity contribution is 7.89. The van der Waals surface area contributed by atoms with E-state index in [4.69, 9.17) is 10.5 Å². The molecular formula is C19H31N3O4S. The Labute approximate surface area is 162 Å². The quantitative estimate of drug-likeness (QED) is 0.696. The molecule has 0 radical (unpaired) electrons. The highest BCUT2D eigenvalue weighted by atomic mass is 32.2. The van der Waals surface area contributed by atoms with Crippen molar-refractivity contribution >= 4 is 15.9 Å². The van der Waals surface area contributed by atoms with Crippen LogP contribution >= 0.6 is 0 Å². The molecule has 1 amide bonds. The fraction of sp³-hybridized carbons (Fsp3) is 0.632. The molecule has 7 nitrogen and oxygen atoms in total. The summed E-state index contributed by atoms with van der Waals surface area (Å²) in [7, 11) is -2.02. The van der Waals surface area contributed by atoms with Gasteiger partial charge in [-0.2, -0.15) is 4.31 Å². The van der Waals surface area contributed by atoms with Gasteiger partial charge in [-0.3, -0.25) is 4.79 Å². The van der Waals surface area contributed by atoms with Crippen molar-refractivity contribution in [3.05, 3.63) is 24.3 Å². The van der Waals surface area contributed by atoms with Crippen molar-refractivity contribution in [3.8, 4) is 5.75 Å². The van der Waals surface area contributed by atoms with Gasteiger partial charge in [0.1, 0.15) is 5.75 Å². The molecule has 0 aromatic heterocycles. The Hall–Kier alpha value is -1.64. The summed E-state index contributed by atoms with van der Waals surface area (Å²) >= 11 is 0. The topological polar surface area (TPSA) is 102 Å². The van der Waals surface area contributed by atoms with Crippen LogP contribution < -0.4 is 15.8 Å². The molecule has 2 rings (SSSR count). The average molecular weight is 398 g/mol. The van der Waals surface area contributed by atoms with Crippen LogP contribution in [-0.4, -0.2) is 50.9 Å². The van der Waals surface area contributed by atoms with Crippen molar-refractivity contribution in [3.63, 3.8) is 0 Å². The molecule has 152 valence electrons. The second-order valence-corrected chi connectivity index (χ2v) is 8.97. The number of nitrogens with one attached hydrogen (secondary N) is 1. The largest absolute Gasteiger partial charge is 0.497 e. The van der Waals surface area contributed by atoms with E-state index in [0.29, 0.717) is 38.2 Å². The van der Waals surface area contributed by atoms with E-state index in [-0.39, 0.29) is 22.3 Å². The molecule has 1 aliphatic rings. The number of rotatable bonds is 8. The maximum Gasteiger partial charge on any atom is 0.243 e. The van der Waals surface area contributed by atoms with Gasteiger partial charge in [0.25, 0.3) is 0 Å². The SMILES string of the molecule is CCC(CC)(CN)NC(=O)C1CCN(S(=O)(=O)c2ccc(OC)cc2)CC1. The zero-order valence-electron chi connectivity index (χ0n) is 16.4. The Morgan fingerprint density at radius 2 is 1.78 bits per heavy atom. The third-order valence-corrected chi connectivity index (χ3v) is 7.57. The molecule has 1 saturated heterocycles. The van der Waals surface area contributed by atoms with Gasteiger partial charge in [-0.05, 0) is 49.9 Å². The van der Waals surface area contributed by atoms with Crippen molar-refractivity contribution in [2.75, 3.05) is 26.7 Å². The standard InChI is InChI=1S/C19H31N3O4S/c1-4-19(5-2,14-20)21-18(23)15-10-12-22(13-11-15)27(24,25)17-8-6-16(26-3)7-9-17/h6-9,15H,4-5,10-14,20H2,1-3H3,(H,21,23). The van der Waals surface area contributed by atoms with E-state index in [1.807, 2.05) is 13.8 Å². The summed E-state index contributed by atoms with van der Waals surface area (Å²) in [5.41, 5.74) is 5.49. The summed E-state index contributed by atoms with van der Waals surface area (Å²) in [6.07, 6.45) is 2.57. The van der Waals surface area contributed by atoms with Gasteiger partial charge in [0.2, 0.25) is 15.9 Å². The summed E-state index contributed by atoms with van der Waals surface area (Å²) in [5.74, 6) is 0.404. The van der Waals surface area contributed by atoms with Gasteiger partial charge in [-0.15, -0.1) is 0 Å². The second-order valence-electron chi connectivity index (χ2n) is 7.03. The minimum Gasteiger partial charge on any atom is -0.497 e. The van der Waals surface area contributed by atoms with Crippen molar-refractivity contribution in [2.24, 2.45) is 11.7 Å². The second kappa shape index (κ2) is 9.03.